The molecule has 4 nitrogen and oxygen atoms in total. The summed E-state index contributed by atoms with van der Waals surface area (Å²) in [5.41, 5.74) is 0. The quantitative estimate of drug-likeness (QED) is 0.758. The van der Waals surface area contributed by atoms with Gasteiger partial charge in [0, 0.05) is 32.1 Å². The highest BCUT2D eigenvalue weighted by molar-refractivity contribution is 5.79. The van der Waals surface area contributed by atoms with Gasteiger partial charge >= 0.3 is 0 Å². The van der Waals surface area contributed by atoms with Crippen LogP contribution >= 0.6 is 0 Å². The summed E-state index contributed by atoms with van der Waals surface area (Å²) in [6, 6.07) is 2.36. The second-order valence-corrected chi connectivity index (χ2v) is 5.54. The number of hydrogen-bond acceptors (Lipinski definition) is 3. The van der Waals surface area contributed by atoms with Crippen LogP contribution in [0.1, 0.15) is 33.1 Å². The first-order chi connectivity index (χ1) is 8.67. The average molecular weight is 249 g/mol. The Morgan fingerprint density at radius 2 is 1.94 bits per heavy atom. The Kier molecular flexibility index (Phi) is 4.23. The van der Waals surface area contributed by atoms with E-state index in [1.807, 2.05) is 11.8 Å². The molecule has 0 bridgehead atoms. The van der Waals surface area contributed by atoms with Crippen molar-refractivity contribution in [2.24, 2.45) is 11.8 Å². The van der Waals surface area contributed by atoms with Gasteiger partial charge in [-0.25, -0.2) is 0 Å². The number of carbonyl (C=O) groups excluding carboxylic acids is 1. The SMILES string of the molecule is CCC(C#N)N1CCN(C(=O)C(C)C2CC2)CC1. The molecular weight excluding hydrogens is 226 g/mol. The fourth-order valence-corrected chi connectivity index (χ4v) is 2.77. The Hall–Kier alpha value is -1.08. The molecule has 2 atom stereocenters. The van der Waals surface area contributed by atoms with Crippen LogP contribution in [0.25, 0.3) is 0 Å². The van der Waals surface area contributed by atoms with Gasteiger partial charge in [0.05, 0.1) is 12.1 Å². The van der Waals surface area contributed by atoms with E-state index in [2.05, 4.69) is 17.9 Å². The van der Waals surface area contributed by atoms with Gasteiger partial charge in [-0.3, -0.25) is 9.69 Å². The summed E-state index contributed by atoms with van der Waals surface area (Å²) in [6.45, 7) is 7.36. The largest absolute Gasteiger partial charge is 0.340 e. The minimum Gasteiger partial charge on any atom is -0.340 e. The number of carbonyl (C=O) groups is 1. The minimum atomic E-state index is 0.0168. The van der Waals surface area contributed by atoms with Crippen molar-refractivity contribution < 1.29 is 4.79 Å². The molecule has 0 spiro atoms. The number of nitrogens with zero attached hydrogens (tertiary/aromatic N) is 3. The van der Waals surface area contributed by atoms with Crippen molar-refractivity contribution in [2.75, 3.05) is 26.2 Å². The van der Waals surface area contributed by atoms with E-state index in [4.69, 9.17) is 5.26 Å². The number of piperazine rings is 1. The van der Waals surface area contributed by atoms with Gasteiger partial charge in [0.15, 0.2) is 0 Å². The molecule has 2 fully saturated rings. The van der Waals surface area contributed by atoms with Crippen molar-refractivity contribution in [3.63, 3.8) is 0 Å². The number of amides is 1. The summed E-state index contributed by atoms with van der Waals surface area (Å²) in [7, 11) is 0. The third kappa shape index (κ3) is 2.84. The fraction of sp³-hybridized carbons (Fsp3) is 0.857. The topological polar surface area (TPSA) is 47.3 Å². The first-order valence-electron chi connectivity index (χ1n) is 7.09. The highest BCUT2D eigenvalue weighted by Gasteiger charge is 2.36. The van der Waals surface area contributed by atoms with Crippen LogP contribution in [0.3, 0.4) is 0 Å². The molecule has 100 valence electrons. The predicted octanol–water partition coefficient (Wildman–Crippen LogP) is 1.48. The van der Waals surface area contributed by atoms with Gasteiger partial charge in [0.25, 0.3) is 0 Å². The first-order valence-corrected chi connectivity index (χ1v) is 7.09. The number of nitriles is 1. The Balaban J connectivity index is 1.82. The highest BCUT2D eigenvalue weighted by atomic mass is 16.2. The maximum atomic E-state index is 12.2. The van der Waals surface area contributed by atoms with Crippen molar-refractivity contribution in [3.05, 3.63) is 0 Å². The van der Waals surface area contributed by atoms with Crippen LogP contribution in [0.15, 0.2) is 0 Å². The first kappa shape index (κ1) is 13.4. The molecule has 0 radical (unpaired) electrons. The van der Waals surface area contributed by atoms with E-state index < -0.39 is 0 Å². The van der Waals surface area contributed by atoms with Crippen LogP contribution in [0, 0.1) is 23.2 Å². The zero-order valence-corrected chi connectivity index (χ0v) is 11.4. The molecule has 1 saturated heterocycles. The summed E-state index contributed by atoms with van der Waals surface area (Å²) < 4.78 is 0. The normalized spacial score (nSPS) is 24.4. The molecule has 0 aromatic heterocycles. The third-order valence-electron chi connectivity index (χ3n) is 4.32. The second-order valence-electron chi connectivity index (χ2n) is 5.54. The van der Waals surface area contributed by atoms with Gasteiger partial charge in [0.1, 0.15) is 0 Å². The van der Waals surface area contributed by atoms with Gasteiger partial charge in [-0.2, -0.15) is 5.26 Å². The molecule has 2 unspecified atom stereocenters. The molecule has 0 aromatic rings. The van der Waals surface area contributed by atoms with Gasteiger partial charge in [-0.15, -0.1) is 0 Å². The van der Waals surface area contributed by atoms with E-state index in [-0.39, 0.29) is 12.0 Å². The predicted molar refractivity (Wildman–Crippen MR) is 69.7 cm³/mol. The molecule has 1 aliphatic heterocycles. The Morgan fingerprint density at radius 3 is 2.39 bits per heavy atom. The molecule has 0 aromatic carbocycles. The van der Waals surface area contributed by atoms with Crippen molar-refractivity contribution in [2.45, 2.75) is 39.2 Å². The van der Waals surface area contributed by atoms with Crippen LogP contribution in [-0.4, -0.2) is 47.9 Å². The van der Waals surface area contributed by atoms with E-state index >= 15 is 0 Å². The maximum absolute atomic E-state index is 12.2. The van der Waals surface area contributed by atoms with Crippen molar-refractivity contribution in [1.29, 1.82) is 5.26 Å². The van der Waals surface area contributed by atoms with E-state index in [0.29, 0.717) is 11.8 Å². The lowest BCUT2D eigenvalue weighted by Crippen LogP contribution is -2.52. The third-order valence-corrected chi connectivity index (χ3v) is 4.32. The zero-order valence-electron chi connectivity index (χ0n) is 11.4. The summed E-state index contributed by atoms with van der Waals surface area (Å²) in [4.78, 5) is 16.4. The van der Waals surface area contributed by atoms with Gasteiger partial charge in [-0.1, -0.05) is 13.8 Å². The summed E-state index contributed by atoms with van der Waals surface area (Å²) in [5, 5.41) is 9.05. The van der Waals surface area contributed by atoms with Crippen LogP contribution in [0.4, 0.5) is 0 Å². The molecule has 1 saturated carbocycles. The van der Waals surface area contributed by atoms with Gasteiger partial charge in [0.2, 0.25) is 5.91 Å². The maximum Gasteiger partial charge on any atom is 0.225 e. The lowest BCUT2D eigenvalue weighted by atomic mass is 10.0. The van der Waals surface area contributed by atoms with E-state index in [1.54, 1.807) is 0 Å². The lowest BCUT2D eigenvalue weighted by molar-refractivity contribution is -0.137. The Labute approximate surface area is 110 Å². The molecule has 18 heavy (non-hydrogen) atoms. The molecule has 2 aliphatic rings. The minimum absolute atomic E-state index is 0.0168. The van der Waals surface area contributed by atoms with E-state index in [9.17, 15) is 4.79 Å². The van der Waals surface area contributed by atoms with Crippen LogP contribution in [0.2, 0.25) is 0 Å². The van der Waals surface area contributed by atoms with Crippen molar-refractivity contribution in [3.8, 4) is 6.07 Å². The van der Waals surface area contributed by atoms with Gasteiger partial charge < -0.3 is 4.90 Å². The van der Waals surface area contributed by atoms with Crippen LogP contribution < -0.4 is 0 Å². The smallest absolute Gasteiger partial charge is 0.225 e. The lowest BCUT2D eigenvalue weighted by Gasteiger charge is -2.37. The molecular formula is C14H23N3O. The van der Waals surface area contributed by atoms with Gasteiger partial charge in [-0.05, 0) is 25.2 Å². The fourth-order valence-electron chi connectivity index (χ4n) is 2.77. The highest BCUT2D eigenvalue weighted by Crippen LogP contribution is 2.37. The molecule has 1 heterocycles. The molecule has 1 aliphatic carbocycles. The van der Waals surface area contributed by atoms with E-state index in [1.165, 1.54) is 12.8 Å². The molecule has 4 heteroatoms. The van der Waals surface area contributed by atoms with Crippen molar-refractivity contribution in [1.82, 2.24) is 9.80 Å². The molecule has 0 N–H and O–H groups in total. The Morgan fingerprint density at radius 1 is 1.33 bits per heavy atom. The van der Waals surface area contributed by atoms with Crippen LogP contribution in [-0.2, 0) is 4.79 Å². The van der Waals surface area contributed by atoms with E-state index in [0.717, 1.165) is 32.6 Å². The average Bonchev–Trinajstić information content (AvgIpc) is 3.24. The summed E-state index contributed by atoms with van der Waals surface area (Å²) in [5.74, 6) is 1.16. The van der Waals surface area contributed by atoms with Crippen molar-refractivity contribution >= 4 is 5.91 Å². The monoisotopic (exact) mass is 249 g/mol. The zero-order chi connectivity index (χ0) is 13.1. The Bertz CT molecular complexity index is 337. The molecule has 2 rings (SSSR count). The summed E-state index contributed by atoms with van der Waals surface area (Å²) in [6.07, 6.45) is 3.31. The molecule has 1 amide bonds. The standard InChI is InChI=1S/C14H23N3O/c1-3-13(10-15)16-6-8-17(9-7-16)14(18)11(2)12-4-5-12/h11-13H,3-9H2,1-2H3. The second kappa shape index (κ2) is 5.71. The van der Waals surface area contributed by atoms with Crippen LogP contribution in [0.5, 0.6) is 0 Å². The summed E-state index contributed by atoms with van der Waals surface area (Å²) >= 11 is 0. The number of hydrogen-bond donors (Lipinski definition) is 0. The number of rotatable bonds is 4.